The van der Waals surface area contributed by atoms with E-state index < -0.39 is 23.5 Å². The Balaban J connectivity index is 1.58. The molecule has 0 saturated heterocycles. The molecule has 6 nitrogen and oxygen atoms in total. The van der Waals surface area contributed by atoms with Crippen LogP contribution >= 0.6 is 22.9 Å². The summed E-state index contributed by atoms with van der Waals surface area (Å²) in [4.78, 5) is 32.9. The van der Waals surface area contributed by atoms with Gasteiger partial charge in [-0.05, 0) is 47.8 Å². The van der Waals surface area contributed by atoms with Crippen molar-refractivity contribution >= 4 is 45.6 Å². The van der Waals surface area contributed by atoms with Crippen LogP contribution in [0.5, 0.6) is 0 Å². The van der Waals surface area contributed by atoms with Crippen molar-refractivity contribution in [3.8, 4) is 0 Å². The van der Waals surface area contributed by atoms with Crippen LogP contribution in [0.25, 0.3) is 11.0 Å². The van der Waals surface area contributed by atoms with E-state index in [9.17, 15) is 14.7 Å². The van der Waals surface area contributed by atoms with Gasteiger partial charge >= 0.3 is 0 Å². The summed E-state index contributed by atoms with van der Waals surface area (Å²) in [6.07, 6.45) is 1.63. The highest BCUT2D eigenvalue weighted by Crippen LogP contribution is 2.42. The number of aliphatic hydroxyl groups excluding tert-OH is 1. The van der Waals surface area contributed by atoms with E-state index in [2.05, 4.69) is 4.98 Å². The highest BCUT2D eigenvalue weighted by atomic mass is 35.5. The van der Waals surface area contributed by atoms with Gasteiger partial charge in [0.1, 0.15) is 11.6 Å². The number of halogens is 1. The van der Waals surface area contributed by atoms with Crippen LogP contribution < -0.4 is 0 Å². The van der Waals surface area contributed by atoms with Crippen molar-refractivity contribution in [1.29, 1.82) is 0 Å². The predicted molar refractivity (Wildman–Crippen MR) is 117 cm³/mol. The summed E-state index contributed by atoms with van der Waals surface area (Å²) in [6.45, 7) is 0.152. The minimum absolute atomic E-state index is 0.00599. The van der Waals surface area contributed by atoms with Crippen LogP contribution in [-0.4, -0.2) is 26.7 Å². The first-order valence-electron chi connectivity index (χ1n) is 9.44. The number of fused-ring (bicyclic) bond motifs is 1. The van der Waals surface area contributed by atoms with Crippen molar-refractivity contribution in [1.82, 2.24) is 9.88 Å². The van der Waals surface area contributed by atoms with E-state index in [4.69, 9.17) is 16.0 Å². The Morgan fingerprint density at radius 1 is 1.19 bits per heavy atom. The minimum Gasteiger partial charge on any atom is -0.503 e. The number of hydrogen-bond donors (Lipinski definition) is 1. The summed E-state index contributed by atoms with van der Waals surface area (Å²) in [5.41, 5.74) is 1.14. The quantitative estimate of drug-likeness (QED) is 0.416. The maximum absolute atomic E-state index is 13.4. The molecular formula is C23H15ClN2O4S. The van der Waals surface area contributed by atoms with Crippen molar-refractivity contribution in [3.63, 3.8) is 0 Å². The number of aliphatic hydroxyl groups is 1. The van der Waals surface area contributed by atoms with Gasteiger partial charge in [-0.2, -0.15) is 0 Å². The van der Waals surface area contributed by atoms with Crippen molar-refractivity contribution < 1.29 is 19.1 Å². The Morgan fingerprint density at radius 3 is 2.81 bits per heavy atom. The van der Waals surface area contributed by atoms with Gasteiger partial charge in [-0.1, -0.05) is 23.7 Å². The first kappa shape index (κ1) is 19.5. The summed E-state index contributed by atoms with van der Waals surface area (Å²) >= 11 is 7.43. The van der Waals surface area contributed by atoms with Crippen molar-refractivity contribution in [3.05, 3.63) is 98.9 Å². The van der Waals surface area contributed by atoms with E-state index in [0.717, 1.165) is 4.88 Å². The number of rotatable bonds is 5. The van der Waals surface area contributed by atoms with Gasteiger partial charge < -0.3 is 14.4 Å². The van der Waals surface area contributed by atoms with Crippen molar-refractivity contribution in [2.24, 2.45) is 0 Å². The molecule has 4 heterocycles. The molecular weight excluding hydrogens is 436 g/mol. The number of aromatic nitrogens is 1. The molecule has 8 heteroatoms. The summed E-state index contributed by atoms with van der Waals surface area (Å²) in [6, 6.07) is 14.9. The second-order valence-electron chi connectivity index (χ2n) is 7.06. The molecule has 154 valence electrons. The number of amides is 1. The Bertz CT molecular complexity index is 1330. The average molecular weight is 451 g/mol. The zero-order valence-electron chi connectivity index (χ0n) is 16.0. The molecule has 5 rings (SSSR count). The summed E-state index contributed by atoms with van der Waals surface area (Å²) < 4.78 is 5.71. The molecule has 1 aliphatic heterocycles. The topological polar surface area (TPSA) is 83.6 Å². The summed E-state index contributed by atoms with van der Waals surface area (Å²) in [5, 5.41) is 13.8. The molecule has 0 aliphatic carbocycles. The number of furan rings is 1. The van der Waals surface area contributed by atoms with Crippen LogP contribution in [0.1, 0.15) is 27.2 Å². The van der Waals surface area contributed by atoms with Crippen LogP contribution in [0.2, 0.25) is 5.02 Å². The lowest BCUT2D eigenvalue weighted by Gasteiger charge is -2.25. The average Bonchev–Trinajstić information content (AvgIpc) is 3.49. The van der Waals surface area contributed by atoms with E-state index in [1.165, 1.54) is 16.2 Å². The molecule has 1 N–H and O–H groups in total. The molecule has 0 radical (unpaired) electrons. The molecule has 0 bridgehead atoms. The van der Waals surface area contributed by atoms with E-state index >= 15 is 0 Å². The second kappa shape index (κ2) is 7.68. The molecule has 1 amide bonds. The number of hydrogen-bond acceptors (Lipinski definition) is 6. The third-order valence-electron chi connectivity index (χ3n) is 5.12. The highest BCUT2D eigenvalue weighted by molar-refractivity contribution is 7.10. The molecule has 1 atom stereocenters. The van der Waals surface area contributed by atoms with E-state index in [0.29, 0.717) is 21.7 Å². The second-order valence-corrected chi connectivity index (χ2v) is 8.47. The van der Waals surface area contributed by atoms with Crippen LogP contribution in [0.4, 0.5) is 0 Å². The Labute approximate surface area is 186 Å². The van der Waals surface area contributed by atoms with Crippen LogP contribution in [0, 0.1) is 0 Å². The molecule has 31 heavy (non-hydrogen) atoms. The fourth-order valence-electron chi connectivity index (χ4n) is 3.72. The summed E-state index contributed by atoms with van der Waals surface area (Å²) in [7, 11) is 0. The number of nitrogens with zero attached hydrogens (tertiary/aromatic N) is 2. The highest BCUT2D eigenvalue weighted by Gasteiger charge is 2.45. The lowest BCUT2D eigenvalue weighted by molar-refractivity contribution is -0.130. The maximum atomic E-state index is 13.4. The van der Waals surface area contributed by atoms with Gasteiger partial charge in [0.05, 0.1) is 17.8 Å². The number of carbonyl (C=O) groups excluding carboxylic acids is 2. The Morgan fingerprint density at radius 2 is 2.06 bits per heavy atom. The van der Waals surface area contributed by atoms with Crippen LogP contribution in [0.15, 0.2) is 81.9 Å². The smallest absolute Gasteiger partial charge is 0.290 e. The van der Waals surface area contributed by atoms with Gasteiger partial charge in [0.15, 0.2) is 11.5 Å². The number of thiophene rings is 1. The number of ketones is 1. The minimum atomic E-state index is -0.737. The molecule has 0 saturated carbocycles. The van der Waals surface area contributed by atoms with Crippen LogP contribution in [0.3, 0.4) is 0 Å². The number of pyridine rings is 1. The fraction of sp³-hybridized carbons (Fsp3) is 0.0870. The Kier molecular flexibility index (Phi) is 4.84. The molecule has 3 aromatic heterocycles. The number of carbonyl (C=O) groups is 2. The van der Waals surface area contributed by atoms with E-state index in [1.54, 1.807) is 42.6 Å². The molecule has 1 aliphatic rings. The number of Topliss-reactive ketones (excluding diaryl/α,β-unsaturated/α-hetero) is 1. The van der Waals surface area contributed by atoms with Gasteiger partial charge in [-0.15, -0.1) is 11.3 Å². The monoisotopic (exact) mass is 450 g/mol. The van der Waals surface area contributed by atoms with Gasteiger partial charge in [-0.3, -0.25) is 14.6 Å². The largest absolute Gasteiger partial charge is 0.503 e. The lowest BCUT2D eigenvalue weighted by Crippen LogP contribution is -2.30. The molecule has 0 fully saturated rings. The first-order valence-corrected chi connectivity index (χ1v) is 10.7. The van der Waals surface area contributed by atoms with Crippen molar-refractivity contribution in [2.45, 2.75) is 12.6 Å². The van der Waals surface area contributed by atoms with Gasteiger partial charge in [0.25, 0.3) is 5.91 Å². The zero-order chi connectivity index (χ0) is 21.5. The SMILES string of the molecule is O=C(C1=C(O)C(=O)N(Cc2ccccn2)C1c1cccs1)c1cc2cc(Cl)ccc2o1. The fourth-order valence-corrected chi connectivity index (χ4v) is 4.74. The molecule has 0 spiro atoms. The normalized spacial score (nSPS) is 16.5. The number of benzene rings is 1. The van der Waals surface area contributed by atoms with Crippen LogP contribution in [-0.2, 0) is 11.3 Å². The maximum Gasteiger partial charge on any atom is 0.290 e. The lowest BCUT2D eigenvalue weighted by atomic mass is 10.00. The molecule has 1 aromatic carbocycles. The van der Waals surface area contributed by atoms with E-state index in [1.807, 2.05) is 23.6 Å². The van der Waals surface area contributed by atoms with Gasteiger partial charge in [0.2, 0.25) is 5.78 Å². The Hall–Kier alpha value is -3.42. The summed E-state index contributed by atoms with van der Waals surface area (Å²) in [5.74, 6) is -1.70. The van der Waals surface area contributed by atoms with Crippen molar-refractivity contribution in [2.75, 3.05) is 0 Å². The standard InChI is InChI=1S/C23H15ClN2O4S/c24-14-6-7-16-13(10-14)11-17(30-16)21(27)19-20(18-5-3-9-31-18)26(23(29)22(19)28)12-15-4-1-2-8-25-15/h1-11,20,28H,12H2. The van der Waals surface area contributed by atoms with E-state index in [-0.39, 0.29) is 17.9 Å². The third-order valence-corrected chi connectivity index (χ3v) is 6.28. The van der Waals surface area contributed by atoms with Gasteiger partial charge in [-0.25, -0.2) is 0 Å². The first-order chi connectivity index (χ1) is 15.0. The molecule has 4 aromatic rings. The van der Waals surface area contributed by atoms with Gasteiger partial charge in [0, 0.05) is 21.5 Å². The predicted octanol–water partition coefficient (Wildman–Crippen LogP) is 5.32. The zero-order valence-corrected chi connectivity index (χ0v) is 17.6. The third kappa shape index (κ3) is 3.41. The molecule has 1 unspecified atom stereocenters.